The van der Waals surface area contributed by atoms with Crippen molar-refractivity contribution in [2.24, 2.45) is 0 Å². The highest BCUT2D eigenvalue weighted by atomic mass is 32.1. The van der Waals surface area contributed by atoms with Gasteiger partial charge < -0.3 is 10.0 Å². The molecule has 0 aliphatic heterocycles. The lowest BCUT2D eigenvalue weighted by atomic mass is 10.0. The molecule has 1 N–H and O–H groups in total. The van der Waals surface area contributed by atoms with Crippen LogP contribution in [0.3, 0.4) is 0 Å². The highest BCUT2D eigenvalue weighted by Crippen LogP contribution is 2.20. The SMILES string of the molecule is CCN(CC)C1=CC(=S)C1O. The molecule has 0 saturated heterocycles. The minimum atomic E-state index is -0.482. The van der Waals surface area contributed by atoms with Crippen molar-refractivity contribution in [2.75, 3.05) is 13.1 Å². The van der Waals surface area contributed by atoms with Gasteiger partial charge in [0.15, 0.2) is 0 Å². The Morgan fingerprint density at radius 3 is 2.36 bits per heavy atom. The number of thiocarbonyl (C=S) groups is 1. The number of aliphatic hydroxyl groups is 1. The summed E-state index contributed by atoms with van der Waals surface area (Å²) in [6.45, 7) is 6.00. The zero-order valence-corrected chi connectivity index (χ0v) is 7.69. The van der Waals surface area contributed by atoms with Crippen LogP contribution in [-0.2, 0) is 0 Å². The summed E-state index contributed by atoms with van der Waals surface area (Å²) >= 11 is 4.85. The van der Waals surface area contributed by atoms with Crippen LogP contribution in [0.15, 0.2) is 11.8 Å². The van der Waals surface area contributed by atoms with Gasteiger partial charge in [0.2, 0.25) is 0 Å². The van der Waals surface area contributed by atoms with E-state index in [9.17, 15) is 5.11 Å². The van der Waals surface area contributed by atoms with Crippen LogP contribution in [0.5, 0.6) is 0 Å². The number of nitrogens with zero attached hydrogens (tertiary/aromatic N) is 1. The third-order valence-corrected chi connectivity index (χ3v) is 2.31. The largest absolute Gasteiger partial charge is 0.381 e. The summed E-state index contributed by atoms with van der Waals surface area (Å²) in [5.74, 6) is 0. The summed E-state index contributed by atoms with van der Waals surface area (Å²) in [5, 5.41) is 9.36. The minimum absolute atomic E-state index is 0.482. The molecule has 0 bridgehead atoms. The van der Waals surface area contributed by atoms with E-state index in [0.29, 0.717) is 4.86 Å². The molecular weight excluding hydrogens is 158 g/mol. The van der Waals surface area contributed by atoms with E-state index in [0.717, 1.165) is 18.8 Å². The molecule has 1 aliphatic rings. The third-order valence-electron chi connectivity index (χ3n) is 1.97. The predicted molar refractivity (Wildman–Crippen MR) is 49.6 cm³/mol. The van der Waals surface area contributed by atoms with E-state index < -0.39 is 6.10 Å². The number of likely N-dealkylation sites (N-methyl/N-ethyl adjacent to an activating group) is 1. The van der Waals surface area contributed by atoms with Crippen molar-refractivity contribution in [2.45, 2.75) is 20.0 Å². The normalized spacial score (nSPS) is 22.6. The first-order valence-electron chi connectivity index (χ1n) is 3.89. The second kappa shape index (κ2) is 3.32. The van der Waals surface area contributed by atoms with Gasteiger partial charge in [-0.05, 0) is 19.9 Å². The first kappa shape index (κ1) is 8.68. The predicted octanol–water partition coefficient (Wildman–Crippen LogP) is 0.956. The molecule has 0 heterocycles. The molecule has 1 aliphatic carbocycles. The summed E-state index contributed by atoms with van der Waals surface area (Å²) in [7, 11) is 0. The van der Waals surface area contributed by atoms with Crippen LogP contribution < -0.4 is 0 Å². The quantitative estimate of drug-likeness (QED) is 0.640. The Morgan fingerprint density at radius 2 is 2.09 bits per heavy atom. The van der Waals surface area contributed by atoms with Gasteiger partial charge in [0.25, 0.3) is 0 Å². The topological polar surface area (TPSA) is 23.5 Å². The zero-order valence-electron chi connectivity index (χ0n) is 6.87. The maximum Gasteiger partial charge on any atom is 0.129 e. The summed E-state index contributed by atoms with van der Waals surface area (Å²) in [5.41, 5.74) is 0.972. The van der Waals surface area contributed by atoms with Gasteiger partial charge in [0, 0.05) is 18.8 Å². The summed E-state index contributed by atoms with van der Waals surface area (Å²) < 4.78 is 0. The summed E-state index contributed by atoms with van der Waals surface area (Å²) in [6, 6.07) is 0. The molecule has 2 nitrogen and oxygen atoms in total. The molecule has 3 heteroatoms. The molecule has 0 fully saturated rings. The van der Waals surface area contributed by atoms with E-state index in [1.54, 1.807) is 0 Å². The van der Waals surface area contributed by atoms with Crippen LogP contribution >= 0.6 is 12.2 Å². The van der Waals surface area contributed by atoms with Crippen LogP contribution in [0, 0.1) is 0 Å². The van der Waals surface area contributed by atoms with E-state index in [4.69, 9.17) is 12.2 Å². The van der Waals surface area contributed by atoms with Gasteiger partial charge >= 0.3 is 0 Å². The Kier molecular flexibility index (Phi) is 2.62. The van der Waals surface area contributed by atoms with E-state index in [-0.39, 0.29) is 0 Å². The standard InChI is InChI=1S/C8H13NOS/c1-3-9(4-2)6-5-7(11)8(6)10/h5,8,10H,3-4H2,1-2H3. The first-order valence-corrected chi connectivity index (χ1v) is 4.30. The summed E-state index contributed by atoms with van der Waals surface area (Å²) in [4.78, 5) is 2.77. The fourth-order valence-corrected chi connectivity index (χ4v) is 1.45. The average molecular weight is 171 g/mol. The maximum atomic E-state index is 9.36. The summed E-state index contributed by atoms with van der Waals surface area (Å²) in [6.07, 6.45) is 1.39. The molecule has 11 heavy (non-hydrogen) atoms. The monoisotopic (exact) mass is 171 g/mol. The Balaban J connectivity index is 2.62. The highest BCUT2D eigenvalue weighted by molar-refractivity contribution is 7.81. The van der Waals surface area contributed by atoms with Gasteiger partial charge in [-0.25, -0.2) is 0 Å². The van der Waals surface area contributed by atoms with Gasteiger partial charge in [-0.2, -0.15) is 0 Å². The molecule has 0 aromatic heterocycles. The average Bonchev–Trinajstić information content (AvgIpc) is 2.05. The van der Waals surface area contributed by atoms with E-state index >= 15 is 0 Å². The van der Waals surface area contributed by atoms with Crippen molar-refractivity contribution in [3.63, 3.8) is 0 Å². The molecule has 0 radical (unpaired) electrons. The lowest BCUT2D eigenvalue weighted by Gasteiger charge is -2.33. The van der Waals surface area contributed by atoms with Crippen molar-refractivity contribution in [3.05, 3.63) is 11.8 Å². The van der Waals surface area contributed by atoms with Crippen molar-refractivity contribution >= 4 is 17.1 Å². The van der Waals surface area contributed by atoms with E-state index in [2.05, 4.69) is 18.7 Å². The van der Waals surface area contributed by atoms with Gasteiger partial charge in [-0.1, -0.05) is 12.2 Å². The van der Waals surface area contributed by atoms with Crippen LogP contribution in [0.4, 0.5) is 0 Å². The maximum absolute atomic E-state index is 9.36. The molecule has 62 valence electrons. The van der Waals surface area contributed by atoms with Gasteiger partial charge in [0.1, 0.15) is 6.10 Å². The molecule has 1 unspecified atom stereocenters. The number of rotatable bonds is 3. The molecule has 0 spiro atoms. The smallest absolute Gasteiger partial charge is 0.129 e. The van der Waals surface area contributed by atoms with Crippen molar-refractivity contribution < 1.29 is 5.11 Å². The van der Waals surface area contributed by atoms with Crippen LogP contribution in [0.1, 0.15) is 13.8 Å². The molecule has 0 aromatic carbocycles. The molecule has 1 atom stereocenters. The molecule has 0 amide bonds. The van der Waals surface area contributed by atoms with Crippen LogP contribution in [0.25, 0.3) is 0 Å². The number of hydrogen-bond acceptors (Lipinski definition) is 3. The van der Waals surface area contributed by atoms with Crippen molar-refractivity contribution in [3.8, 4) is 0 Å². The Bertz CT molecular complexity index is 196. The Morgan fingerprint density at radius 1 is 1.55 bits per heavy atom. The second-order valence-electron chi connectivity index (χ2n) is 2.55. The lowest BCUT2D eigenvalue weighted by Crippen LogP contribution is -2.40. The Labute approximate surface area is 72.5 Å². The fourth-order valence-electron chi connectivity index (χ4n) is 1.21. The lowest BCUT2D eigenvalue weighted by molar-refractivity contribution is 0.212. The molecular formula is C8H13NOS. The fraction of sp³-hybridized carbons (Fsp3) is 0.625. The Hall–Kier alpha value is -0.410. The number of hydrogen-bond donors (Lipinski definition) is 1. The van der Waals surface area contributed by atoms with Gasteiger partial charge in [-0.3, -0.25) is 0 Å². The molecule has 1 rings (SSSR count). The third kappa shape index (κ3) is 1.44. The zero-order chi connectivity index (χ0) is 8.43. The number of aliphatic hydroxyl groups excluding tert-OH is 1. The molecule has 0 saturated carbocycles. The van der Waals surface area contributed by atoms with Crippen molar-refractivity contribution in [1.29, 1.82) is 0 Å². The highest BCUT2D eigenvalue weighted by Gasteiger charge is 2.27. The minimum Gasteiger partial charge on any atom is -0.381 e. The van der Waals surface area contributed by atoms with E-state index in [1.807, 2.05) is 6.08 Å². The first-order chi connectivity index (χ1) is 5.20. The van der Waals surface area contributed by atoms with Gasteiger partial charge in [-0.15, -0.1) is 0 Å². The van der Waals surface area contributed by atoms with Crippen LogP contribution in [0.2, 0.25) is 0 Å². The van der Waals surface area contributed by atoms with E-state index in [1.165, 1.54) is 0 Å². The molecule has 0 aromatic rings. The second-order valence-corrected chi connectivity index (χ2v) is 3.02. The van der Waals surface area contributed by atoms with Crippen LogP contribution in [-0.4, -0.2) is 34.1 Å². The van der Waals surface area contributed by atoms with Gasteiger partial charge in [0.05, 0.1) is 4.86 Å². The van der Waals surface area contributed by atoms with Crippen molar-refractivity contribution in [1.82, 2.24) is 4.90 Å².